The third-order valence-electron chi connectivity index (χ3n) is 2.49. The van der Waals surface area contributed by atoms with E-state index < -0.39 is 6.10 Å². The number of aliphatic hydroxyl groups excluding tert-OH is 2. The maximum absolute atomic E-state index is 9.75. The molecule has 0 rings (SSSR count). The van der Waals surface area contributed by atoms with Gasteiger partial charge in [0.25, 0.3) is 0 Å². The van der Waals surface area contributed by atoms with Crippen molar-refractivity contribution in [2.75, 3.05) is 13.2 Å². The van der Waals surface area contributed by atoms with Crippen LogP contribution in [-0.2, 0) is 4.74 Å². The topological polar surface area (TPSA) is 49.7 Å². The third kappa shape index (κ3) is 16.0. The van der Waals surface area contributed by atoms with Crippen LogP contribution in [0, 0.1) is 29.6 Å². The summed E-state index contributed by atoms with van der Waals surface area (Å²) in [5.41, 5.74) is 0. The summed E-state index contributed by atoms with van der Waals surface area (Å²) in [7, 11) is 0. The number of ether oxygens (including phenoxy) is 1. The van der Waals surface area contributed by atoms with Gasteiger partial charge in [-0.3, -0.25) is 0 Å². The molecule has 0 spiro atoms. The predicted octanol–water partition coefficient (Wildman–Crippen LogP) is 2.98. The van der Waals surface area contributed by atoms with Gasteiger partial charge in [-0.1, -0.05) is 56.6 Å². The zero-order valence-corrected chi connectivity index (χ0v) is 14.0. The first-order chi connectivity index (χ1) is 11.1. The van der Waals surface area contributed by atoms with Gasteiger partial charge in [-0.2, -0.15) is 0 Å². The van der Waals surface area contributed by atoms with Gasteiger partial charge in [-0.05, 0) is 29.9 Å². The van der Waals surface area contributed by atoms with E-state index in [1.165, 1.54) is 6.08 Å². The summed E-state index contributed by atoms with van der Waals surface area (Å²) >= 11 is 0. The maximum Gasteiger partial charge on any atom is 0.0904 e. The number of rotatable bonds is 9. The molecule has 0 aliphatic carbocycles. The first-order valence-electron chi connectivity index (χ1n) is 7.65. The van der Waals surface area contributed by atoms with Crippen molar-refractivity contribution in [3.63, 3.8) is 0 Å². The van der Waals surface area contributed by atoms with E-state index in [1.807, 2.05) is 0 Å². The molecule has 0 aromatic heterocycles. The molecule has 0 bridgehead atoms. The second-order valence-corrected chi connectivity index (χ2v) is 5.21. The zero-order chi connectivity index (χ0) is 17.3. The van der Waals surface area contributed by atoms with Gasteiger partial charge in [-0.15, -0.1) is 0 Å². The molecule has 0 aliphatic heterocycles. The molecule has 3 nitrogen and oxygen atoms in total. The molecular formula is C20H26O3. The van der Waals surface area contributed by atoms with Crippen molar-refractivity contribution in [3.8, 4) is 23.7 Å². The molecule has 0 aliphatic rings. The Bertz CT molecular complexity index is 531. The minimum Gasteiger partial charge on any atom is -0.498 e. The first-order valence-corrected chi connectivity index (χ1v) is 7.65. The van der Waals surface area contributed by atoms with Gasteiger partial charge in [0.2, 0.25) is 0 Å². The molecule has 23 heavy (non-hydrogen) atoms. The molecule has 0 heterocycles. The molecule has 0 saturated carbocycles. The van der Waals surface area contributed by atoms with E-state index >= 15 is 0 Å². The summed E-state index contributed by atoms with van der Waals surface area (Å²) in [5, 5.41) is 18.2. The van der Waals surface area contributed by atoms with E-state index in [1.54, 1.807) is 30.4 Å². The monoisotopic (exact) mass is 314 g/mol. The third-order valence-corrected chi connectivity index (χ3v) is 2.49. The predicted molar refractivity (Wildman–Crippen MR) is 95.2 cm³/mol. The van der Waals surface area contributed by atoms with Crippen molar-refractivity contribution in [3.05, 3.63) is 48.8 Å². The van der Waals surface area contributed by atoms with Crippen molar-refractivity contribution in [1.82, 2.24) is 0 Å². The Hall–Kier alpha value is -2.20. The van der Waals surface area contributed by atoms with E-state index in [2.05, 4.69) is 44.1 Å². The fourth-order valence-electron chi connectivity index (χ4n) is 1.50. The number of allylic oxidation sites excluding steroid dienone is 5. The lowest BCUT2D eigenvalue weighted by atomic mass is 10.1. The van der Waals surface area contributed by atoms with Crippen LogP contribution in [0.4, 0.5) is 0 Å². The van der Waals surface area contributed by atoms with E-state index in [9.17, 15) is 5.11 Å². The molecule has 2 N–H and O–H groups in total. The minimum absolute atomic E-state index is 0.0218. The van der Waals surface area contributed by atoms with E-state index in [4.69, 9.17) is 9.84 Å². The van der Waals surface area contributed by atoms with E-state index in [0.717, 1.165) is 12.2 Å². The number of hydrogen-bond donors (Lipinski definition) is 2. The van der Waals surface area contributed by atoms with Crippen LogP contribution in [0.1, 0.15) is 26.7 Å². The van der Waals surface area contributed by atoms with Crippen molar-refractivity contribution in [1.29, 1.82) is 0 Å². The molecule has 0 saturated heterocycles. The summed E-state index contributed by atoms with van der Waals surface area (Å²) in [6.45, 7) is 8.50. The van der Waals surface area contributed by atoms with Gasteiger partial charge in [0.05, 0.1) is 25.1 Å². The summed E-state index contributed by atoms with van der Waals surface area (Å²) in [4.78, 5) is 0. The molecule has 124 valence electrons. The largest absolute Gasteiger partial charge is 0.498 e. The van der Waals surface area contributed by atoms with Crippen LogP contribution < -0.4 is 0 Å². The Morgan fingerprint density at radius 2 is 1.87 bits per heavy atom. The highest BCUT2D eigenvalue weighted by Gasteiger charge is 2.02. The molecule has 0 radical (unpaired) electrons. The van der Waals surface area contributed by atoms with Gasteiger partial charge < -0.3 is 14.9 Å². The highest BCUT2D eigenvalue weighted by atomic mass is 16.5. The average molecular weight is 314 g/mol. The highest BCUT2D eigenvalue weighted by Crippen LogP contribution is 2.10. The zero-order valence-electron chi connectivity index (χ0n) is 14.0. The van der Waals surface area contributed by atoms with Gasteiger partial charge >= 0.3 is 0 Å². The summed E-state index contributed by atoms with van der Waals surface area (Å²) in [6.07, 6.45) is 10.7. The molecule has 0 aromatic carbocycles. The van der Waals surface area contributed by atoms with Crippen molar-refractivity contribution < 1.29 is 14.9 Å². The van der Waals surface area contributed by atoms with Gasteiger partial charge in [-0.25, -0.2) is 0 Å². The Morgan fingerprint density at radius 3 is 2.52 bits per heavy atom. The number of hydrogen-bond acceptors (Lipinski definition) is 3. The Kier molecular flexibility index (Phi) is 13.3. The molecule has 0 amide bonds. The Balaban J connectivity index is 3.91. The lowest BCUT2D eigenvalue weighted by Gasteiger charge is -2.12. The van der Waals surface area contributed by atoms with E-state index in [0.29, 0.717) is 18.9 Å². The highest BCUT2D eigenvalue weighted by molar-refractivity contribution is 5.34. The molecule has 1 atom stereocenters. The van der Waals surface area contributed by atoms with Crippen LogP contribution in [0.2, 0.25) is 0 Å². The van der Waals surface area contributed by atoms with Gasteiger partial charge in [0.15, 0.2) is 0 Å². The number of aliphatic hydroxyl groups is 2. The second kappa shape index (κ2) is 14.7. The van der Waals surface area contributed by atoms with Crippen LogP contribution in [0.3, 0.4) is 0 Å². The Morgan fingerprint density at radius 1 is 1.17 bits per heavy atom. The van der Waals surface area contributed by atoms with Gasteiger partial charge in [0.1, 0.15) is 0 Å². The second-order valence-electron chi connectivity index (χ2n) is 5.21. The lowest BCUT2D eigenvalue weighted by molar-refractivity contribution is 0.137. The molecule has 0 aromatic rings. The molecular weight excluding hydrogens is 288 g/mol. The summed E-state index contributed by atoms with van der Waals surface area (Å²) in [5.74, 6) is 11.9. The van der Waals surface area contributed by atoms with Crippen LogP contribution in [0.25, 0.3) is 0 Å². The summed E-state index contributed by atoms with van der Waals surface area (Å²) in [6, 6.07) is 0. The van der Waals surface area contributed by atoms with Crippen LogP contribution in [-0.4, -0.2) is 29.5 Å². The first kappa shape index (κ1) is 20.8. The maximum atomic E-state index is 9.75. The van der Waals surface area contributed by atoms with Crippen LogP contribution >= 0.6 is 0 Å². The quantitative estimate of drug-likeness (QED) is 0.391. The smallest absolute Gasteiger partial charge is 0.0904 e. The van der Waals surface area contributed by atoms with Gasteiger partial charge in [0, 0.05) is 12.8 Å². The summed E-state index contributed by atoms with van der Waals surface area (Å²) < 4.78 is 5.46. The van der Waals surface area contributed by atoms with Crippen LogP contribution in [0.15, 0.2) is 48.8 Å². The van der Waals surface area contributed by atoms with Crippen molar-refractivity contribution in [2.45, 2.75) is 32.8 Å². The van der Waals surface area contributed by atoms with Crippen molar-refractivity contribution >= 4 is 0 Å². The fraction of sp³-hybridized carbons (Fsp3) is 0.400. The Labute approximate surface area is 140 Å². The normalized spacial score (nSPS) is 12.2. The molecule has 0 fully saturated rings. The lowest BCUT2D eigenvalue weighted by Crippen LogP contribution is -2.07. The standard InChI is InChI=1S/C20H26O3/c1-18(2)17-19(3)23-16-14-20(22)13-11-9-7-5-4-6-8-10-12-15-21/h7,9-13,18,20-22H,3,14-17H2,1-2H3/b9-7+,12-10+,13-11+/t20-/m1/s1. The SMILES string of the molecule is C=C(CC(C)C)OCC[C@H](O)/C=C/C=C/C#CC#C/C=C/CO. The van der Waals surface area contributed by atoms with E-state index in [-0.39, 0.29) is 6.61 Å². The van der Waals surface area contributed by atoms with Crippen LogP contribution in [0.5, 0.6) is 0 Å². The molecule has 0 unspecified atom stereocenters. The van der Waals surface area contributed by atoms with Crippen molar-refractivity contribution in [2.24, 2.45) is 5.92 Å². The minimum atomic E-state index is -0.553. The fourth-order valence-corrected chi connectivity index (χ4v) is 1.50. The average Bonchev–Trinajstić information content (AvgIpc) is 2.48. The molecule has 3 heteroatoms.